The van der Waals surface area contributed by atoms with E-state index in [9.17, 15) is 9.90 Å². The molecule has 0 aromatic heterocycles. The molecule has 20 heavy (non-hydrogen) atoms. The number of carbonyl (C=O) groups excluding carboxylic acids is 1. The highest BCUT2D eigenvalue weighted by atomic mass is 35.5. The number of rotatable bonds is 5. The summed E-state index contributed by atoms with van der Waals surface area (Å²) < 4.78 is 0. The summed E-state index contributed by atoms with van der Waals surface area (Å²) in [7, 11) is 0. The normalized spacial score (nSPS) is 30.5. The number of aliphatic hydroxyl groups excluding tert-OH is 1. The fourth-order valence-corrected chi connectivity index (χ4v) is 3.32. The molecule has 0 spiro atoms. The summed E-state index contributed by atoms with van der Waals surface area (Å²) in [6.45, 7) is 4.57. The zero-order chi connectivity index (χ0) is 13.8. The molecule has 0 aromatic carbocycles. The minimum atomic E-state index is -0.320. The summed E-state index contributed by atoms with van der Waals surface area (Å²) in [5, 5.41) is 16.1. The molecule has 1 heterocycles. The highest BCUT2D eigenvalue weighted by Crippen LogP contribution is 2.33. The Morgan fingerprint density at radius 2 is 2.05 bits per heavy atom. The molecule has 4 unspecified atom stereocenters. The molecule has 0 bridgehead atoms. The minimum Gasteiger partial charge on any atom is -0.393 e. The van der Waals surface area contributed by atoms with Gasteiger partial charge in [0.1, 0.15) is 0 Å². The topological polar surface area (TPSA) is 61.4 Å². The fraction of sp³-hybridized carbons (Fsp3) is 0.933. The van der Waals surface area contributed by atoms with E-state index in [4.69, 9.17) is 0 Å². The van der Waals surface area contributed by atoms with E-state index >= 15 is 0 Å². The van der Waals surface area contributed by atoms with Crippen LogP contribution in [0, 0.1) is 11.8 Å². The van der Waals surface area contributed by atoms with Crippen molar-refractivity contribution in [2.45, 2.75) is 70.6 Å². The van der Waals surface area contributed by atoms with Gasteiger partial charge in [0.25, 0.3) is 0 Å². The zero-order valence-corrected chi connectivity index (χ0v) is 13.4. The van der Waals surface area contributed by atoms with Crippen LogP contribution in [-0.2, 0) is 4.79 Å². The van der Waals surface area contributed by atoms with E-state index in [0.717, 1.165) is 6.42 Å². The maximum absolute atomic E-state index is 12.1. The predicted octanol–water partition coefficient (Wildman–Crippen LogP) is 1.85. The van der Waals surface area contributed by atoms with E-state index in [0.29, 0.717) is 24.9 Å². The number of carbonyl (C=O) groups is 1. The van der Waals surface area contributed by atoms with Gasteiger partial charge in [-0.3, -0.25) is 4.79 Å². The van der Waals surface area contributed by atoms with Crippen molar-refractivity contribution in [2.24, 2.45) is 11.8 Å². The summed E-state index contributed by atoms with van der Waals surface area (Å²) in [6.07, 6.45) is 6.42. The van der Waals surface area contributed by atoms with Gasteiger partial charge >= 0.3 is 0 Å². The summed E-state index contributed by atoms with van der Waals surface area (Å²) in [5.41, 5.74) is 0. The maximum atomic E-state index is 12.1. The first kappa shape index (κ1) is 17.7. The van der Waals surface area contributed by atoms with Crippen molar-refractivity contribution in [3.63, 3.8) is 0 Å². The molecule has 1 saturated heterocycles. The average molecular weight is 305 g/mol. The van der Waals surface area contributed by atoms with Crippen molar-refractivity contribution in [2.75, 3.05) is 6.54 Å². The number of halogens is 1. The van der Waals surface area contributed by atoms with Gasteiger partial charge in [-0.1, -0.05) is 26.7 Å². The van der Waals surface area contributed by atoms with Gasteiger partial charge in [-0.2, -0.15) is 0 Å². The fourth-order valence-electron chi connectivity index (χ4n) is 3.32. The monoisotopic (exact) mass is 304 g/mol. The average Bonchev–Trinajstić information content (AvgIpc) is 2.82. The Kier molecular flexibility index (Phi) is 7.27. The third kappa shape index (κ3) is 4.61. The van der Waals surface area contributed by atoms with Gasteiger partial charge in [0.15, 0.2) is 0 Å². The standard InChI is InChI=1S/C15H28N2O2.ClH/c1-10(2)14(18)7-8-16-15(19)13-9-11-5-3-4-6-12(11)17-13;/h10-14,17-18H,3-9H2,1-2H3,(H,16,19);1H. The third-order valence-corrected chi connectivity index (χ3v) is 4.69. The Hall–Kier alpha value is -0.320. The molecular weight excluding hydrogens is 276 g/mol. The van der Waals surface area contributed by atoms with Crippen LogP contribution in [0.5, 0.6) is 0 Å². The number of aliphatic hydroxyl groups is 1. The lowest BCUT2D eigenvalue weighted by Crippen LogP contribution is -2.43. The Balaban J connectivity index is 0.00000200. The molecular formula is C15H29ClN2O2. The number of hydrogen-bond acceptors (Lipinski definition) is 3. The number of amides is 1. The Labute approximate surface area is 128 Å². The first-order valence-electron chi connectivity index (χ1n) is 7.79. The van der Waals surface area contributed by atoms with E-state index in [2.05, 4.69) is 10.6 Å². The molecule has 4 atom stereocenters. The summed E-state index contributed by atoms with van der Waals surface area (Å²) >= 11 is 0. The third-order valence-electron chi connectivity index (χ3n) is 4.69. The minimum absolute atomic E-state index is 0. The molecule has 1 aliphatic carbocycles. The highest BCUT2D eigenvalue weighted by molar-refractivity contribution is 5.85. The lowest BCUT2D eigenvalue weighted by atomic mass is 9.85. The number of fused-ring (bicyclic) bond motifs is 1. The van der Waals surface area contributed by atoms with E-state index in [1.54, 1.807) is 0 Å². The van der Waals surface area contributed by atoms with E-state index in [1.165, 1.54) is 25.7 Å². The first-order chi connectivity index (χ1) is 9.08. The summed E-state index contributed by atoms with van der Waals surface area (Å²) in [4.78, 5) is 12.1. The molecule has 0 aromatic rings. The molecule has 1 amide bonds. The second kappa shape index (κ2) is 8.20. The van der Waals surface area contributed by atoms with Gasteiger partial charge in [-0.25, -0.2) is 0 Å². The van der Waals surface area contributed by atoms with Crippen molar-refractivity contribution in [1.29, 1.82) is 0 Å². The summed E-state index contributed by atoms with van der Waals surface area (Å²) in [5.74, 6) is 1.07. The van der Waals surface area contributed by atoms with Gasteiger partial charge < -0.3 is 15.7 Å². The van der Waals surface area contributed by atoms with E-state index in [1.807, 2.05) is 13.8 Å². The molecule has 2 rings (SSSR count). The van der Waals surface area contributed by atoms with Crippen molar-refractivity contribution in [1.82, 2.24) is 10.6 Å². The second-order valence-corrected chi connectivity index (χ2v) is 6.50. The molecule has 1 aliphatic heterocycles. The molecule has 118 valence electrons. The molecule has 1 saturated carbocycles. The van der Waals surface area contributed by atoms with E-state index in [-0.39, 0.29) is 36.4 Å². The van der Waals surface area contributed by atoms with Crippen LogP contribution >= 0.6 is 12.4 Å². The molecule has 0 radical (unpaired) electrons. The van der Waals surface area contributed by atoms with Crippen LogP contribution in [0.3, 0.4) is 0 Å². The number of nitrogens with one attached hydrogen (secondary N) is 2. The molecule has 5 heteroatoms. The van der Waals surface area contributed by atoms with Crippen molar-refractivity contribution >= 4 is 18.3 Å². The van der Waals surface area contributed by atoms with Gasteiger partial charge in [-0.05, 0) is 37.5 Å². The van der Waals surface area contributed by atoms with Crippen LogP contribution in [-0.4, -0.2) is 35.7 Å². The maximum Gasteiger partial charge on any atom is 0.237 e. The molecule has 3 N–H and O–H groups in total. The van der Waals surface area contributed by atoms with E-state index < -0.39 is 0 Å². The lowest BCUT2D eigenvalue weighted by molar-refractivity contribution is -0.123. The Bertz CT molecular complexity index is 298. The second-order valence-electron chi connectivity index (χ2n) is 6.50. The summed E-state index contributed by atoms with van der Waals surface area (Å²) in [6, 6.07) is 0.551. The predicted molar refractivity (Wildman–Crippen MR) is 83.0 cm³/mol. The zero-order valence-electron chi connectivity index (χ0n) is 12.6. The lowest BCUT2D eigenvalue weighted by Gasteiger charge is -2.24. The van der Waals surface area contributed by atoms with Crippen molar-refractivity contribution in [3.05, 3.63) is 0 Å². The van der Waals surface area contributed by atoms with Crippen LogP contribution in [0.1, 0.15) is 52.4 Å². The van der Waals surface area contributed by atoms with Crippen LogP contribution in [0.2, 0.25) is 0 Å². The molecule has 2 fully saturated rings. The smallest absolute Gasteiger partial charge is 0.237 e. The van der Waals surface area contributed by atoms with Gasteiger partial charge in [0, 0.05) is 12.6 Å². The van der Waals surface area contributed by atoms with Crippen LogP contribution in [0.4, 0.5) is 0 Å². The SMILES string of the molecule is CC(C)C(O)CCNC(=O)C1CC2CCCCC2N1.Cl. The molecule has 2 aliphatic rings. The van der Waals surface area contributed by atoms with Gasteiger partial charge in [0.2, 0.25) is 5.91 Å². The number of hydrogen-bond donors (Lipinski definition) is 3. The molecule has 4 nitrogen and oxygen atoms in total. The van der Waals surface area contributed by atoms with Crippen molar-refractivity contribution < 1.29 is 9.90 Å². The van der Waals surface area contributed by atoms with Crippen LogP contribution < -0.4 is 10.6 Å². The quantitative estimate of drug-likeness (QED) is 0.726. The first-order valence-corrected chi connectivity index (χ1v) is 7.79. The van der Waals surface area contributed by atoms with Gasteiger partial charge in [-0.15, -0.1) is 12.4 Å². The Morgan fingerprint density at radius 1 is 1.35 bits per heavy atom. The van der Waals surface area contributed by atoms with Crippen LogP contribution in [0.15, 0.2) is 0 Å². The van der Waals surface area contributed by atoms with Gasteiger partial charge in [0.05, 0.1) is 12.1 Å². The van der Waals surface area contributed by atoms with Crippen LogP contribution in [0.25, 0.3) is 0 Å². The largest absolute Gasteiger partial charge is 0.393 e. The van der Waals surface area contributed by atoms with Crippen molar-refractivity contribution in [3.8, 4) is 0 Å². The Morgan fingerprint density at radius 3 is 2.70 bits per heavy atom. The highest BCUT2D eigenvalue weighted by Gasteiger charge is 2.37.